The lowest BCUT2D eigenvalue weighted by atomic mass is 9.92. The average Bonchev–Trinajstić information content (AvgIpc) is 3.32. The Kier molecular flexibility index (Phi) is 4.51. The molecule has 1 aliphatic heterocycles. The lowest BCUT2D eigenvalue weighted by molar-refractivity contribution is -0.383. The molecule has 0 saturated carbocycles. The van der Waals surface area contributed by atoms with Gasteiger partial charge in [0.1, 0.15) is 20.3 Å². The van der Waals surface area contributed by atoms with Gasteiger partial charge in [-0.15, -0.1) is 5.10 Å². The Balaban J connectivity index is 1.90. The third kappa shape index (κ3) is 3.93. The molecule has 0 N–H and O–H groups in total. The zero-order chi connectivity index (χ0) is 24.5. The van der Waals surface area contributed by atoms with Gasteiger partial charge in [-0.1, -0.05) is 38.0 Å². The lowest BCUT2D eigenvalue weighted by Crippen LogP contribution is -2.35. The van der Waals surface area contributed by atoms with Crippen molar-refractivity contribution in [1.82, 2.24) is 24.8 Å². The Morgan fingerprint density at radius 2 is 2.20 bits per heavy atom. The fourth-order valence-electron chi connectivity index (χ4n) is 3.44. The second-order valence-corrected chi connectivity index (χ2v) is 6.82. The molecule has 1 saturated heterocycles. The maximum atomic E-state index is 12.4. The van der Waals surface area contributed by atoms with Gasteiger partial charge in [-0.2, -0.15) is 4.79 Å². The van der Waals surface area contributed by atoms with Crippen LogP contribution in [0.5, 0.6) is 0 Å². The van der Waals surface area contributed by atoms with Crippen LogP contribution in [-0.2, 0) is 0 Å². The minimum Gasteiger partial charge on any atom is -0.351 e. The van der Waals surface area contributed by atoms with Crippen molar-refractivity contribution in [2.45, 2.75) is 32.6 Å². The highest BCUT2D eigenvalue weighted by molar-refractivity contribution is 5.75. The third-order valence-electron chi connectivity index (χ3n) is 4.84. The number of benzene rings is 1. The first-order valence-corrected chi connectivity index (χ1v) is 9.68. The molecular formula is C20H24N8O2. The smallest absolute Gasteiger partial charge is 0.351 e. The Bertz CT molecular complexity index is 1150. The van der Waals surface area contributed by atoms with Gasteiger partial charge >= 0.3 is 5.69 Å². The molecule has 156 valence electrons. The summed E-state index contributed by atoms with van der Waals surface area (Å²) >= 11 is 0. The van der Waals surface area contributed by atoms with Crippen molar-refractivity contribution in [3.05, 3.63) is 59.4 Å². The van der Waals surface area contributed by atoms with Crippen LogP contribution in [0.15, 0.2) is 49.3 Å². The van der Waals surface area contributed by atoms with Crippen molar-refractivity contribution in [3.63, 3.8) is 0 Å². The summed E-state index contributed by atoms with van der Waals surface area (Å²) < 4.78 is 34.0. The molecule has 0 amide bonds. The van der Waals surface area contributed by atoms with Crippen molar-refractivity contribution < 1.29 is 10.4 Å². The van der Waals surface area contributed by atoms with Crippen molar-refractivity contribution in [3.8, 4) is 0 Å². The van der Waals surface area contributed by atoms with Gasteiger partial charge in [0.2, 0.25) is 11.6 Å². The van der Waals surface area contributed by atoms with E-state index in [0.717, 1.165) is 11.3 Å². The van der Waals surface area contributed by atoms with Crippen LogP contribution in [0.4, 0.5) is 23.0 Å². The SMILES string of the molecule is [2H]c1nc(N(c2ccccc2)n2cncn2)c([N+](=O)[O-])c(N2CCC(CCC)C([2H])C2([2H])[2H])n1. The number of piperidine rings is 1. The molecular weight excluding hydrogens is 384 g/mol. The summed E-state index contributed by atoms with van der Waals surface area (Å²) in [5.41, 5.74) is -0.122. The van der Waals surface area contributed by atoms with Crippen molar-refractivity contribution in [2.24, 2.45) is 5.92 Å². The Morgan fingerprint density at radius 1 is 1.37 bits per heavy atom. The van der Waals surface area contributed by atoms with E-state index in [9.17, 15) is 10.1 Å². The Hall–Kier alpha value is -3.56. The highest BCUT2D eigenvalue weighted by Crippen LogP contribution is 2.39. The van der Waals surface area contributed by atoms with E-state index in [1.165, 1.54) is 22.5 Å². The molecule has 1 aromatic carbocycles. The molecule has 30 heavy (non-hydrogen) atoms. The number of rotatable bonds is 7. The summed E-state index contributed by atoms with van der Waals surface area (Å²) in [6.07, 6.45) is 2.92. The molecule has 2 aromatic heterocycles. The molecule has 2 atom stereocenters. The van der Waals surface area contributed by atoms with Crippen LogP contribution >= 0.6 is 0 Å². The van der Waals surface area contributed by atoms with Crippen LogP contribution in [0.1, 0.15) is 38.1 Å². The van der Waals surface area contributed by atoms with Crippen molar-refractivity contribution in [2.75, 3.05) is 23.0 Å². The summed E-state index contributed by atoms with van der Waals surface area (Å²) in [5.74, 6) is -0.772. The molecule has 3 aromatic rings. The number of hydrogen-bond donors (Lipinski definition) is 0. The predicted octanol–water partition coefficient (Wildman–Crippen LogP) is 3.59. The number of nitrogens with zero attached hydrogens (tertiary/aromatic N) is 8. The summed E-state index contributed by atoms with van der Waals surface area (Å²) in [5, 5.41) is 17.8. The van der Waals surface area contributed by atoms with E-state index in [2.05, 4.69) is 20.1 Å². The molecule has 2 unspecified atom stereocenters. The summed E-state index contributed by atoms with van der Waals surface area (Å²) in [6.45, 7) is -0.130. The molecule has 1 aliphatic rings. The number of hydrogen-bond acceptors (Lipinski definition) is 8. The maximum absolute atomic E-state index is 12.4. The molecule has 0 aliphatic carbocycles. The molecule has 3 heterocycles. The molecule has 0 radical (unpaired) electrons. The van der Waals surface area contributed by atoms with Gasteiger partial charge in [0.25, 0.3) is 0 Å². The second kappa shape index (κ2) is 8.85. The van der Waals surface area contributed by atoms with Gasteiger partial charge < -0.3 is 4.90 Å². The first-order chi connectivity index (χ1) is 16.3. The van der Waals surface area contributed by atoms with Gasteiger partial charge in [0.05, 0.1) is 10.6 Å². The summed E-state index contributed by atoms with van der Waals surface area (Å²) in [6, 6.07) is 8.62. The minimum atomic E-state index is -2.23. The predicted molar refractivity (Wildman–Crippen MR) is 113 cm³/mol. The zero-order valence-corrected chi connectivity index (χ0v) is 16.4. The van der Waals surface area contributed by atoms with E-state index in [1.54, 1.807) is 30.3 Å². The fraction of sp³-hybridized carbons (Fsp3) is 0.400. The second-order valence-electron chi connectivity index (χ2n) is 6.82. The van der Waals surface area contributed by atoms with Crippen molar-refractivity contribution >= 4 is 23.0 Å². The summed E-state index contributed by atoms with van der Waals surface area (Å²) in [7, 11) is 0. The van der Waals surface area contributed by atoms with Crippen LogP contribution in [-0.4, -0.2) is 42.8 Å². The van der Waals surface area contributed by atoms with Gasteiger partial charge in [-0.05, 0) is 30.9 Å². The van der Waals surface area contributed by atoms with Crippen LogP contribution in [0.25, 0.3) is 0 Å². The van der Waals surface area contributed by atoms with Crippen LogP contribution in [0.2, 0.25) is 0 Å². The molecule has 0 spiro atoms. The van der Waals surface area contributed by atoms with Gasteiger partial charge in [-0.25, -0.2) is 20.0 Å². The fourth-order valence-corrected chi connectivity index (χ4v) is 3.44. The number of para-hydroxylation sites is 1. The quantitative estimate of drug-likeness (QED) is 0.428. The van der Waals surface area contributed by atoms with E-state index in [0.29, 0.717) is 18.5 Å². The minimum absolute atomic E-state index is 0.123. The van der Waals surface area contributed by atoms with E-state index in [4.69, 9.17) is 5.48 Å². The zero-order valence-electron chi connectivity index (χ0n) is 20.4. The normalized spacial score (nSPS) is 22.5. The van der Waals surface area contributed by atoms with E-state index in [-0.39, 0.29) is 24.1 Å². The van der Waals surface area contributed by atoms with E-state index in [1.807, 2.05) is 6.92 Å². The van der Waals surface area contributed by atoms with Crippen LogP contribution in [0, 0.1) is 16.0 Å². The number of aromatic nitrogens is 5. The Labute approximate surface area is 179 Å². The largest absolute Gasteiger partial charge is 0.355 e. The maximum Gasteiger partial charge on any atom is 0.355 e. The van der Waals surface area contributed by atoms with Crippen LogP contribution in [0.3, 0.4) is 0 Å². The molecule has 10 heteroatoms. The topological polar surface area (TPSA) is 106 Å². The highest BCUT2D eigenvalue weighted by atomic mass is 16.6. The lowest BCUT2D eigenvalue weighted by Gasteiger charge is -2.33. The molecule has 4 rings (SSSR count). The average molecular weight is 412 g/mol. The molecule has 1 fully saturated rings. The first kappa shape index (κ1) is 15.3. The highest BCUT2D eigenvalue weighted by Gasteiger charge is 2.33. The monoisotopic (exact) mass is 412 g/mol. The number of nitro groups is 1. The van der Waals surface area contributed by atoms with Crippen LogP contribution < -0.4 is 9.91 Å². The summed E-state index contributed by atoms with van der Waals surface area (Å²) in [4.78, 5) is 26.0. The van der Waals surface area contributed by atoms with Gasteiger partial charge in [0.15, 0.2) is 0 Å². The first-order valence-electron chi connectivity index (χ1n) is 11.8. The molecule has 0 bridgehead atoms. The number of anilines is 3. The molecule has 10 nitrogen and oxygen atoms in total. The van der Waals surface area contributed by atoms with Crippen molar-refractivity contribution in [1.29, 1.82) is 0 Å². The Morgan fingerprint density at radius 3 is 2.90 bits per heavy atom. The van der Waals surface area contributed by atoms with E-state index < -0.39 is 29.8 Å². The van der Waals surface area contributed by atoms with Gasteiger partial charge in [-0.3, -0.25) is 10.1 Å². The standard InChI is InChI=1S/C20H24N8O2/c1-2-6-16-9-11-25(12-10-16)19-18(28(29)30)20(23-14-22-19)27(26-15-21-13-24-26)17-7-4-3-5-8-17/h3-5,7-8,13-16H,2,6,9-12H2,1H3/i9D,11D2,14D. The van der Waals surface area contributed by atoms with Gasteiger partial charge in [0, 0.05) is 17.2 Å². The van der Waals surface area contributed by atoms with E-state index >= 15 is 0 Å². The third-order valence-corrected chi connectivity index (χ3v) is 4.84.